The molecule has 5 fully saturated rings. The van der Waals surface area contributed by atoms with Crippen LogP contribution in [0.4, 0.5) is 0 Å². The van der Waals surface area contributed by atoms with Crippen molar-refractivity contribution in [1.82, 2.24) is 0 Å². The molecule has 6 heteroatoms. The normalized spacial score (nSPS) is 54.3. The first kappa shape index (κ1) is 24.4. The van der Waals surface area contributed by atoms with E-state index in [1.165, 1.54) is 12.5 Å². The first-order valence-electron chi connectivity index (χ1n) is 14.0. The molecule has 2 spiro atoms. The van der Waals surface area contributed by atoms with Crippen molar-refractivity contribution in [2.45, 2.75) is 116 Å². The first-order chi connectivity index (χ1) is 16.4. The summed E-state index contributed by atoms with van der Waals surface area (Å²) in [7, 11) is 0. The predicted octanol–water partition coefficient (Wildman–Crippen LogP) is 4.37. The van der Waals surface area contributed by atoms with Crippen molar-refractivity contribution in [1.29, 1.82) is 0 Å². The Balaban J connectivity index is 1.32. The van der Waals surface area contributed by atoms with Crippen LogP contribution in [-0.2, 0) is 19.0 Å². The number of carbonyl (C=O) groups is 1. The highest BCUT2D eigenvalue weighted by atomic mass is 16.7. The van der Waals surface area contributed by atoms with Crippen molar-refractivity contribution >= 4 is 5.97 Å². The van der Waals surface area contributed by atoms with Crippen LogP contribution in [0.1, 0.15) is 86.0 Å². The molecule has 196 valence electrons. The zero-order valence-electron chi connectivity index (χ0n) is 22.1. The van der Waals surface area contributed by atoms with Crippen LogP contribution in [0.25, 0.3) is 0 Å². The molecular formula is C29H44O6. The third kappa shape index (κ3) is 3.25. The van der Waals surface area contributed by atoms with Gasteiger partial charge in [0.1, 0.15) is 0 Å². The van der Waals surface area contributed by atoms with Gasteiger partial charge < -0.3 is 24.4 Å². The van der Waals surface area contributed by atoms with Gasteiger partial charge in [-0.2, -0.15) is 0 Å². The largest absolute Gasteiger partial charge is 0.457 e. The Morgan fingerprint density at radius 1 is 1.11 bits per heavy atom. The van der Waals surface area contributed by atoms with Gasteiger partial charge in [0, 0.05) is 24.7 Å². The van der Waals surface area contributed by atoms with Gasteiger partial charge in [0.2, 0.25) is 5.79 Å². The highest BCUT2D eigenvalue weighted by Gasteiger charge is 2.71. The Kier molecular flexibility index (Phi) is 5.42. The number of aliphatic hydroxyl groups is 2. The summed E-state index contributed by atoms with van der Waals surface area (Å²) in [6, 6.07) is 0. The van der Waals surface area contributed by atoms with E-state index in [2.05, 4.69) is 19.9 Å². The molecule has 35 heavy (non-hydrogen) atoms. The number of aliphatic hydroxyl groups excluding tert-OH is 2. The lowest BCUT2D eigenvalue weighted by Gasteiger charge is -2.63. The highest BCUT2D eigenvalue weighted by Crippen LogP contribution is 2.69. The summed E-state index contributed by atoms with van der Waals surface area (Å²) in [5, 5.41) is 22.3. The number of rotatable bonds is 1. The van der Waals surface area contributed by atoms with Gasteiger partial charge in [-0.1, -0.05) is 25.5 Å². The average molecular weight is 489 g/mol. The van der Waals surface area contributed by atoms with Gasteiger partial charge in [0.25, 0.3) is 0 Å². The fourth-order valence-electron chi connectivity index (χ4n) is 9.98. The van der Waals surface area contributed by atoms with Gasteiger partial charge in [-0.15, -0.1) is 0 Å². The monoisotopic (exact) mass is 488 g/mol. The fraction of sp³-hybridized carbons (Fsp3) is 0.897. The third-order valence-corrected chi connectivity index (χ3v) is 11.6. The number of hydrogen-bond donors (Lipinski definition) is 2. The predicted molar refractivity (Wildman–Crippen MR) is 130 cm³/mol. The molecule has 0 bridgehead atoms. The topological polar surface area (TPSA) is 85.2 Å². The second kappa shape index (κ2) is 7.78. The summed E-state index contributed by atoms with van der Waals surface area (Å²) in [4.78, 5) is 12.0. The maximum atomic E-state index is 12.0. The fourth-order valence-corrected chi connectivity index (χ4v) is 9.98. The SMILES string of the molecule is CC(=O)O[C@@H]1CC(C)(C)O[C@]12OC[C@]13C(=CC[C@@H]1[C@@H]2C)[C@@H]1CC[C@H]2C[C@@H](O)CC[C@]2(C)[C@H]1C[C@H]3O. The molecule has 6 nitrogen and oxygen atoms in total. The van der Waals surface area contributed by atoms with Crippen molar-refractivity contribution in [3.05, 3.63) is 11.6 Å². The minimum Gasteiger partial charge on any atom is -0.457 e. The van der Waals surface area contributed by atoms with Gasteiger partial charge in [-0.05, 0) is 87.9 Å². The van der Waals surface area contributed by atoms with Crippen LogP contribution in [-0.4, -0.2) is 52.5 Å². The number of fused-ring (bicyclic) bond motifs is 4. The Bertz CT molecular complexity index is 928. The number of esters is 1. The molecule has 4 aliphatic carbocycles. The maximum Gasteiger partial charge on any atom is 0.303 e. The maximum absolute atomic E-state index is 12.0. The Morgan fingerprint density at radius 2 is 1.89 bits per heavy atom. The Labute approximate surface area is 209 Å². The van der Waals surface area contributed by atoms with Crippen LogP contribution >= 0.6 is 0 Å². The van der Waals surface area contributed by atoms with Gasteiger partial charge in [-0.3, -0.25) is 4.79 Å². The van der Waals surface area contributed by atoms with Crippen molar-refractivity contribution in [2.75, 3.05) is 6.61 Å². The number of allylic oxidation sites excluding steroid dienone is 1. The molecule has 0 amide bonds. The van der Waals surface area contributed by atoms with Crippen molar-refractivity contribution < 1.29 is 29.2 Å². The lowest BCUT2D eigenvalue weighted by atomic mass is 9.44. The zero-order valence-corrected chi connectivity index (χ0v) is 22.1. The molecule has 0 unspecified atom stereocenters. The van der Waals surface area contributed by atoms with Gasteiger partial charge in [0.15, 0.2) is 6.10 Å². The molecule has 2 N–H and O–H groups in total. The van der Waals surface area contributed by atoms with E-state index in [-0.39, 0.29) is 34.7 Å². The molecule has 11 atom stereocenters. The Hall–Kier alpha value is -0.950. The lowest BCUT2D eigenvalue weighted by Crippen LogP contribution is -2.66. The van der Waals surface area contributed by atoms with E-state index >= 15 is 0 Å². The van der Waals surface area contributed by atoms with E-state index in [9.17, 15) is 15.0 Å². The molecule has 2 saturated heterocycles. The molecule has 0 aromatic heterocycles. The molecular weight excluding hydrogens is 444 g/mol. The highest BCUT2D eigenvalue weighted by molar-refractivity contribution is 5.66. The quantitative estimate of drug-likeness (QED) is 0.421. The molecule has 0 radical (unpaired) electrons. The van der Waals surface area contributed by atoms with Crippen LogP contribution in [0.3, 0.4) is 0 Å². The minimum atomic E-state index is -0.964. The molecule has 0 aromatic carbocycles. The third-order valence-electron chi connectivity index (χ3n) is 11.6. The zero-order chi connectivity index (χ0) is 25.0. The molecule has 2 aliphatic heterocycles. The number of hydrogen-bond acceptors (Lipinski definition) is 6. The lowest BCUT2D eigenvalue weighted by molar-refractivity contribution is -0.349. The van der Waals surface area contributed by atoms with Gasteiger partial charge in [-0.25, -0.2) is 0 Å². The summed E-state index contributed by atoms with van der Waals surface area (Å²) >= 11 is 0. The van der Waals surface area contributed by atoms with Gasteiger partial charge >= 0.3 is 5.97 Å². The Morgan fingerprint density at radius 3 is 2.63 bits per heavy atom. The second-order valence-electron chi connectivity index (χ2n) is 13.7. The van der Waals surface area contributed by atoms with E-state index in [0.29, 0.717) is 30.8 Å². The van der Waals surface area contributed by atoms with E-state index in [4.69, 9.17) is 14.2 Å². The number of ether oxygens (including phenoxy) is 3. The van der Waals surface area contributed by atoms with Crippen LogP contribution < -0.4 is 0 Å². The summed E-state index contributed by atoms with van der Waals surface area (Å²) < 4.78 is 19.1. The van der Waals surface area contributed by atoms with Crippen molar-refractivity contribution in [3.63, 3.8) is 0 Å². The standard InChI is InChI=1S/C29H44O6/c1-16-21-8-9-22-20-7-6-18-12-19(31)10-11-27(18,5)23(20)13-24(32)28(21,22)15-33-29(16)25(34-17(2)30)14-26(3,4)35-29/h9,16,18-21,23-25,31-32H,6-8,10-15H2,1-5H3/t16-,18-,19-,20-,21+,23-,24+,25+,27-,28+,29-/m0/s1. The molecule has 6 aliphatic rings. The summed E-state index contributed by atoms with van der Waals surface area (Å²) in [6.45, 7) is 10.6. The summed E-state index contributed by atoms with van der Waals surface area (Å²) in [5.74, 6) is 0.409. The molecule has 3 saturated carbocycles. The molecule has 6 rings (SSSR count). The average Bonchev–Trinajstić information content (AvgIpc) is 3.29. The summed E-state index contributed by atoms with van der Waals surface area (Å²) in [5.41, 5.74) is 0.799. The minimum absolute atomic E-state index is 0.0147. The smallest absolute Gasteiger partial charge is 0.303 e. The van der Waals surface area contributed by atoms with E-state index in [0.717, 1.165) is 44.9 Å². The van der Waals surface area contributed by atoms with Crippen LogP contribution in [0.2, 0.25) is 0 Å². The van der Waals surface area contributed by atoms with Crippen LogP contribution in [0, 0.1) is 40.4 Å². The second-order valence-corrected chi connectivity index (χ2v) is 13.7. The van der Waals surface area contributed by atoms with Crippen molar-refractivity contribution in [2.24, 2.45) is 40.4 Å². The molecule has 0 aromatic rings. The van der Waals surface area contributed by atoms with E-state index in [1.807, 2.05) is 13.8 Å². The van der Waals surface area contributed by atoms with E-state index < -0.39 is 23.6 Å². The van der Waals surface area contributed by atoms with Crippen molar-refractivity contribution in [3.8, 4) is 0 Å². The van der Waals surface area contributed by atoms with Crippen LogP contribution in [0.15, 0.2) is 11.6 Å². The molecule has 2 heterocycles. The van der Waals surface area contributed by atoms with E-state index in [1.54, 1.807) is 0 Å². The van der Waals surface area contributed by atoms with Crippen LogP contribution in [0.5, 0.6) is 0 Å². The first-order valence-corrected chi connectivity index (χ1v) is 14.0. The van der Waals surface area contributed by atoms with Gasteiger partial charge in [0.05, 0.1) is 24.4 Å². The summed E-state index contributed by atoms with van der Waals surface area (Å²) in [6.07, 6.45) is 8.86. The number of carbonyl (C=O) groups excluding carboxylic acids is 1.